The second-order valence-electron chi connectivity index (χ2n) is 4.72. The third-order valence-corrected chi connectivity index (χ3v) is 3.80. The summed E-state index contributed by atoms with van der Waals surface area (Å²) in [5, 5.41) is 17.3. The summed E-state index contributed by atoms with van der Waals surface area (Å²) in [5.41, 5.74) is 0.505. The summed E-state index contributed by atoms with van der Waals surface area (Å²) in [6.07, 6.45) is 0.123. The Labute approximate surface area is 122 Å². The molecular weight excluding hydrogens is 276 g/mol. The highest BCUT2D eigenvalue weighted by molar-refractivity contribution is 7.14. The number of morpholine rings is 1. The SMILES string of the molecule is CN(CC(=O)Nc1sccc1C#N)CC1CNCCO1. The highest BCUT2D eigenvalue weighted by Crippen LogP contribution is 2.21. The van der Waals surface area contributed by atoms with E-state index in [-0.39, 0.29) is 18.6 Å². The van der Waals surface area contributed by atoms with Crippen molar-refractivity contribution in [2.24, 2.45) is 0 Å². The van der Waals surface area contributed by atoms with E-state index in [2.05, 4.69) is 16.7 Å². The third kappa shape index (κ3) is 4.28. The van der Waals surface area contributed by atoms with Gasteiger partial charge in [0.25, 0.3) is 0 Å². The number of carbonyl (C=O) groups is 1. The van der Waals surface area contributed by atoms with Gasteiger partial charge >= 0.3 is 0 Å². The van der Waals surface area contributed by atoms with Gasteiger partial charge in [-0.05, 0) is 18.5 Å². The van der Waals surface area contributed by atoms with E-state index in [0.29, 0.717) is 23.7 Å². The van der Waals surface area contributed by atoms with Crippen molar-refractivity contribution < 1.29 is 9.53 Å². The minimum atomic E-state index is -0.116. The Morgan fingerprint density at radius 3 is 3.30 bits per heavy atom. The Hall–Kier alpha value is -1.46. The number of amides is 1. The molecule has 108 valence electrons. The van der Waals surface area contributed by atoms with Gasteiger partial charge in [0.2, 0.25) is 5.91 Å². The Kier molecular flexibility index (Phi) is 5.49. The first-order valence-corrected chi connectivity index (χ1v) is 7.35. The number of likely N-dealkylation sites (N-methyl/N-ethyl adjacent to an activating group) is 1. The maximum Gasteiger partial charge on any atom is 0.239 e. The molecule has 1 fully saturated rings. The van der Waals surface area contributed by atoms with E-state index >= 15 is 0 Å². The molecule has 0 spiro atoms. The molecule has 1 aromatic heterocycles. The number of rotatable bonds is 5. The number of hydrogen-bond donors (Lipinski definition) is 2. The minimum absolute atomic E-state index is 0.116. The van der Waals surface area contributed by atoms with Crippen LogP contribution in [0, 0.1) is 11.3 Å². The van der Waals surface area contributed by atoms with Crippen LogP contribution < -0.4 is 10.6 Å². The maximum atomic E-state index is 11.9. The van der Waals surface area contributed by atoms with Crippen molar-refractivity contribution >= 4 is 22.2 Å². The molecule has 2 N–H and O–H groups in total. The first kappa shape index (κ1) is 14.9. The summed E-state index contributed by atoms with van der Waals surface area (Å²) >= 11 is 1.36. The average Bonchev–Trinajstić information content (AvgIpc) is 2.86. The molecule has 1 aromatic rings. The zero-order chi connectivity index (χ0) is 14.4. The predicted octanol–water partition coefficient (Wildman–Crippen LogP) is 0.478. The van der Waals surface area contributed by atoms with Crippen LogP contribution in [0.1, 0.15) is 5.56 Å². The van der Waals surface area contributed by atoms with Gasteiger partial charge in [0.1, 0.15) is 11.1 Å². The Morgan fingerprint density at radius 1 is 1.75 bits per heavy atom. The van der Waals surface area contributed by atoms with Crippen LogP contribution in [0.15, 0.2) is 11.4 Å². The molecular formula is C13H18N4O2S. The number of hydrogen-bond acceptors (Lipinski definition) is 6. The first-order chi connectivity index (χ1) is 9.69. The van der Waals surface area contributed by atoms with E-state index in [0.717, 1.165) is 13.1 Å². The van der Waals surface area contributed by atoms with Gasteiger partial charge in [0.15, 0.2) is 0 Å². The van der Waals surface area contributed by atoms with Crippen molar-refractivity contribution in [3.63, 3.8) is 0 Å². The van der Waals surface area contributed by atoms with Gasteiger partial charge in [0, 0.05) is 19.6 Å². The highest BCUT2D eigenvalue weighted by Gasteiger charge is 2.17. The number of nitriles is 1. The van der Waals surface area contributed by atoms with Crippen LogP contribution in [-0.2, 0) is 9.53 Å². The van der Waals surface area contributed by atoms with Crippen LogP contribution in [0.25, 0.3) is 0 Å². The molecule has 1 aliphatic rings. The number of anilines is 1. The second-order valence-corrected chi connectivity index (χ2v) is 5.63. The van der Waals surface area contributed by atoms with Gasteiger partial charge in [-0.15, -0.1) is 11.3 Å². The molecule has 2 rings (SSSR count). The van der Waals surface area contributed by atoms with Crippen LogP contribution in [0.4, 0.5) is 5.00 Å². The molecule has 20 heavy (non-hydrogen) atoms. The van der Waals surface area contributed by atoms with Crippen LogP contribution in [-0.4, -0.2) is 56.7 Å². The van der Waals surface area contributed by atoms with Gasteiger partial charge in [-0.1, -0.05) is 0 Å². The molecule has 6 nitrogen and oxygen atoms in total. The first-order valence-electron chi connectivity index (χ1n) is 6.47. The van der Waals surface area contributed by atoms with Gasteiger partial charge in [0.05, 0.1) is 24.8 Å². The summed E-state index contributed by atoms with van der Waals surface area (Å²) in [7, 11) is 1.89. The number of thiophene rings is 1. The van der Waals surface area contributed by atoms with Gasteiger partial charge in [-0.3, -0.25) is 9.69 Å². The number of nitrogens with one attached hydrogen (secondary N) is 2. The minimum Gasteiger partial charge on any atom is -0.374 e. The van der Waals surface area contributed by atoms with Crippen LogP contribution in [0.3, 0.4) is 0 Å². The summed E-state index contributed by atoms with van der Waals surface area (Å²) in [6, 6.07) is 3.75. The fraction of sp³-hybridized carbons (Fsp3) is 0.538. The number of nitrogens with zero attached hydrogens (tertiary/aromatic N) is 2. The molecule has 0 aromatic carbocycles. The van der Waals surface area contributed by atoms with Gasteiger partial charge < -0.3 is 15.4 Å². The molecule has 1 amide bonds. The summed E-state index contributed by atoms with van der Waals surface area (Å²) < 4.78 is 5.60. The molecule has 0 bridgehead atoms. The van der Waals surface area contributed by atoms with Crippen LogP contribution in [0.2, 0.25) is 0 Å². The van der Waals surface area contributed by atoms with Crippen molar-refractivity contribution in [2.75, 3.05) is 45.2 Å². The quantitative estimate of drug-likeness (QED) is 0.826. The molecule has 1 unspecified atom stereocenters. The van der Waals surface area contributed by atoms with E-state index in [1.807, 2.05) is 11.9 Å². The zero-order valence-corrected chi connectivity index (χ0v) is 12.2. The molecule has 0 radical (unpaired) electrons. The van der Waals surface area contributed by atoms with Crippen molar-refractivity contribution in [3.8, 4) is 6.07 Å². The lowest BCUT2D eigenvalue weighted by molar-refractivity contribution is -0.117. The van der Waals surface area contributed by atoms with Gasteiger partial charge in [-0.25, -0.2) is 0 Å². The third-order valence-electron chi connectivity index (χ3n) is 2.97. The Balaban J connectivity index is 1.77. The summed E-state index contributed by atoms with van der Waals surface area (Å²) in [4.78, 5) is 13.8. The lowest BCUT2D eigenvalue weighted by atomic mass is 10.3. The smallest absolute Gasteiger partial charge is 0.239 e. The molecule has 0 aliphatic carbocycles. The van der Waals surface area contributed by atoms with E-state index in [1.54, 1.807) is 11.4 Å². The van der Waals surface area contributed by atoms with E-state index in [4.69, 9.17) is 10.00 Å². The normalized spacial score (nSPS) is 18.8. The maximum absolute atomic E-state index is 11.9. The van der Waals surface area contributed by atoms with Crippen molar-refractivity contribution in [2.45, 2.75) is 6.10 Å². The monoisotopic (exact) mass is 294 g/mol. The van der Waals surface area contributed by atoms with Crippen molar-refractivity contribution in [1.82, 2.24) is 10.2 Å². The number of ether oxygens (including phenoxy) is 1. The topological polar surface area (TPSA) is 77.4 Å². The molecule has 1 atom stereocenters. The van der Waals surface area contributed by atoms with Crippen molar-refractivity contribution in [3.05, 3.63) is 17.0 Å². The predicted molar refractivity (Wildman–Crippen MR) is 77.8 cm³/mol. The fourth-order valence-corrected chi connectivity index (χ4v) is 2.81. The Bertz CT molecular complexity index is 491. The largest absolute Gasteiger partial charge is 0.374 e. The van der Waals surface area contributed by atoms with Crippen LogP contribution >= 0.6 is 11.3 Å². The Morgan fingerprint density at radius 2 is 2.60 bits per heavy atom. The lowest BCUT2D eigenvalue weighted by Crippen LogP contribution is -2.45. The summed E-state index contributed by atoms with van der Waals surface area (Å²) in [6.45, 7) is 3.40. The second kappa shape index (κ2) is 7.36. The van der Waals surface area contributed by atoms with Crippen LogP contribution in [0.5, 0.6) is 0 Å². The molecule has 0 saturated carbocycles. The molecule has 1 saturated heterocycles. The van der Waals surface area contributed by atoms with E-state index < -0.39 is 0 Å². The standard InChI is InChI=1S/C13H18N4O2S/c1-17(8-11-7-15-3-4-19-11)9-12(18)16-13-10(6-14)2-5-20-13/h2,5,11,15H,3-4,7-9H2,1H3,(H,16,18). The molecule has 2 heterocycles. The number of carbonyl (C=O) groups excluding carboxylic acids is 1. The average molecular weight is 294 g/mol. The molecule has 1 aliphatic heterocycles. The lowest BCUT2D eigenvalue weighted by Gasteiger charge is -2.27. The van der Waals surface area contributed by atoms with Gasteiger partial charge in [-0.2, -0.15) is 5.26 Å². The fourth-order valence-electron chi connectivity index (χ4n) is 2.05. The van der Waals surface area contributed by atoms with Crippen molar-refractivity contribution in [1.29, 1.82) is 5.26 Å². The zero-order valence-electron chi connectivity index (χ0n) is 11.4. The highest BCUT2D eigenvalue weighted by atomic mass is 32.1. The van der Waals surface area contributed by atoms with E-state index in [9.17, 15) is 4.79 Å². The summed E-state index contributed by atoms with van der Waals surface area (Å²) in [5.74, 6) is -0.116. The molecule has 7 heteroatoms. The van der Waals surface area contributed by atoms with E-state index in [1.165, 1.54) is 11.3 Å².